The molecule has 2 saturated heterocycles. The summed E-state index contributed by atoms with van der Waals surface area (Å²) >= 11 is 0. The van der Waals surface area contributed by atoms with Gasteiger partial charge in [0, 0.05) is 63.0 Å². The third-order valence-electron chi connectivity index (χ3n) is 8.91. The largest absolute Gasteiger partial charge is 0.481 e. The minimum Gasteiger partial charge on any atom is -0.481 e. The van der Waals surface area contributed by atoms with Crippen LogP contribution in [-0.2, 0) is 10.9 Å². The van der Waals surface area contributed by atoms with Crippen molar-refractivity contribution in [3.63, 3.8) is 0 Å². The van der Waals surface area contributed by atoms with Gasteiger partial charge in [0.2, 0.25) is 5.88 Å². The molecule has 1 amide bonds. The number of carbonyl (C=O) groups is 2. The highest BCUT2D eigenvalue weighted by Crippen LogP contribution is 2.36. The van der Waals surface area contributed by atoms with Crippen molar-refractivity contribution in [3.05, 3.63) is 53.2 Å². The first-order chi connectivity index (χ1) is 22.8. The van der Waals surface area contributed by atoms with Crippen molar-refractivity contribution >= 4 is 23.1 Å². The first-order valence-electron chi connectivity index (χ1n) is 15.8. The van der Waals surface area contributed by atoms with Crippen LogP contribution in [0.2, 0.25) is 0 Å². The molecule has 2 atom stereocenters. The van der Waals surface area contributed by atoms with E-state index in [1.807, 2.05) is 25.8 Å². The lowest BCUT2D eigenvalue weighted by Gasteiger charge is -2.44. The number of likely N-dealkylation sites (N-methyl/N-ethyl adjacent to an activating group) is 1. The molecule has 5 rings (SSSR count). The van der Waals surface area contributed by atoms with Gasteiger partial charge in [-0.3, -0.25) is 19.4 Å². The van der Waals surface area contributed by atoms with Crippen molar-refractivity contribution in [3.8, 4) is 11.6 Å². The van der Waals surface area contributed by atoms with E-state index < -0.39 is 29.0 Å². The van der Waals surface area contributed by atoms with Crippen molar-refractivity contribution in [2.45, 2.75) is 51.4 Å². The summed E-state index contributed by atoms with van der Waals surface area (Å²) < 4.78 is 69.0. The fraction of sp³-hybridized carbons (Fsp3) is 0.531. The molecule has 4 heterocycles. The molecule has 0 bridgehead atoms. The van der Waals surface area contributed by atoms with Gasteiger partial charge in [-0.2, -0.15) is 13.2 Å². The topological polar surface area (TPSA) is 118 Å². The smallest absolute Gasteiger partial charge is 0.417 e. The van der Waals surface area contributed by atoms with Gasteiger partial charge in [0.25, 0.3) is 5.91 Å². The molecule has 0 aliphatic carbocycles. The molecule has 16 heteroatoms. The van der Waals surface area contributed by atoms with E-state index >= 15 is 4.39 Å². The maximum absolute atomic E-state index is 15.8. The van der Waals surface area contributed by atoms with Gasteiger partial charge in [-0.25, -0.2) is 14.1 Å². The molecule has 3 aromatic rings. The zero-order valence-electron chi connectivity index (χ0n) is 27.4. The highest BCUT2D eigenvalue weighted by atomic mass is 19.4. The normalized spacial score (nSPS) is 19.4. The second kappa shape index (κ2) is 15.0. The molecule has 0 unspecified atom stereocenters. The molecule has 260 valence electrons. The number of carbonyl (C=O) groups excluding carboxylic acids is 2. The number of methoxy groups -OCH3 is 1. The quantitative estimate of drug-likeness (QED) is 0.179. The molecule has 12 nitrogen and oxygen atoms in total. The van der Waals surface area contributed by atoms with Crippen LogP contribution in [0.3, 0.4) is 0 Å². The Morgan fingerprint density at radius 2 is 1.77 bits per heavy atom. The van der Waals surface area contributed by atoms with Crippen molar-refractivity contribution in [2.75, 3.05) is 70.3 Å². The number of alkyl halides is 3. The molecular formula is C32H40F4N8O4. The number of rotatable bonds is 11. The van der Waals surface area contributed by atoms with Crippen LogP contribution in [-0.4, -0.2) is 114 Å². The average Bonchev–Trinajstić information content (AvgIpc) is 3.56. The van der Waals surface area contributed by atoms with Gasteiger partial charge in [0.05, 0.1) is 49.0 Å². The maximum Gasteiger partial charge on any atom is 0.417 e. The average molecular weight is 677 g/mol. The summed E-state index contributed by atoms with van der Waals surface area (Å²) in [6.45, 7) is 8.92. The van der Waals surface area contributed by atoms with Crippen molar-refractivity contribution < 1.29 is 36.6 Å². The molecule has 0 saturated carbocycles. The number of piperazine rings is 1. The Bertz CT molecular complexity index is 1600. The van der Waals surface area contributed by atoms with Gasteiger partial charge in [0.15, 0.2) is 11.6 Å². The Morgan fingerprint density at radius 3 is 2.44 bits per heavy atom. The number of halogens is 4. The molecule has 48 heavy (non-hydrogen) atoms. The Hall–Kier alpha value is -4.15. The van der Waals surface area contributed by atoms with Gasteiger partial charge < -0.3 is 19.7 Å². The van der Waals surface area contributed by atoms with Crippen LogP contribution in [0, 0.1) is 5.82 Å². The molecule has 2 fully saturated rings. The molecule has 0 radical (unpaired) electrons. The Balaban J connectivity index is 1.41. The van der Waals surface area contributed by atoms with Gasteiger partial charge in [0.1, 0.15) is 11.4 Å². The highest BCUT2D eigenvalue weighted by Gasteiger charge is 2.37. The number of morpholine rings is 1. The predicted molar refractivity (Wildman–Crippen MR) is 169 cm³/mol. The maximum atomic E-state index is 15.8. The van der Waals surface area contributed by atoms with E-state index in [1.165, 1.54) is 25.4 Å². The number of amides is 1. The van der Waals surface area contributed by atoms with Gasteiger partial charge in [-0.1, -0.05) is 5.21 Å². The number of aromatic nitrogens is 4. The highest BCUT2D eigenvalue weighted by molar-refractivity contribution is 6.07. The number of ketones is 1. The van der Waals surface area contributed by atoms with E-state index in [2.05, 4.69) is 30.4 Å². The lowest BCUT2D eigenvalue weighted by molar-refractivity contribution is -0.138. The van der Waals surface area contributed by atoms with E-state index in [0.717, 1.165) is 36.9 Å². The number of Topliss-reactive ketones (excluding diaryl/α,β-unsaturated/α-hetero) is 1. The molecule has 2 aliphatic rings. The van der Waals surface area contributed by atoms with Crippen molar-refractivity contribution in [1.82, 2.24) is 29.8 Å². The number of nitrogens with one attached hydrogen (secondary N) is 1. The van der Waals surface area contributed by atoms with E-state index in [0.29, 0.717) is 38.8 Å². The number of anilines is 2. The summed E-state index contributed by atoms with van der Waals surface area (Å²) in [4.78, 5) is 36.5. The number of ether oxygens (including phenoxy) is 2. The van der Waals surface area contributed by atoms with Crippen LogP contribution in [0.5, 0.6) is 5.88 Å². The number of hydrogen-bond donors (Lipinski definition) is 1. The number of pyridine rings is 1. The fourth-order valence-electron chi connectivity index (χ4n) is 5.93. The standard InChI is InChI=1S/C32H40F4N8O4/c1-20-17-43(18-21(2)41(20)3)28-14-24(33)27(15-25(28)38-31(46)22-16-37-30(47-4)13-23(22)32(34,35)36)44-19-26(39-40-44)29(45)7-5-6-8-42-9-11-48-12-10-42/h13-16,19-21H,5-12,17-18H2,1-4H3,(H,38,46)/t20-,21+. The Morgan fingerprint density at radius 1 is 1.06 bits per heavy atom. The Labute approximate surface area is 276 Å². The lowest BCUT2D eigenvalue weighted by atomic mass is 10.1. The first kappa shape index (κ1) is 35.2. The van der Waals surface area contributed by atoms with Crippen LogP contribution in [0.1, 0.15) is 59.5 Å². The number of nitrogens with zero attached hydrogens (tertiary/aromatic N) is 7. The SMILES string of the molecule is COc1cc(C(F)(F)F)c(C(=O)Nc2cc(-n3cc(C(=O)CCCCN4CCOCC4)nn3)c(F)cc2N2C[C@@H](C)N(C)[C@@H](C)C2)cn1. The molecule has 0 spiro atoms. The Kier molecular flexibility index (Phi) is 11.0. The van der Waals surface area contributed by atoms with E-state index in [1.54, 1.807) is 0 Å². The summed E-state index contributed by atoms with van der Waals surface area (Å²) in [6.07, 6.45) is -1.08. The van der Waals surface area contributed by atoms with Crippen LogP contribution in [0.4, 0.5) is 28.9 Å². The van der Waals surface area contributed by atoms with Crippen LogP contribution in [0.15, 0.2) is 30.6 Å². The zero-order chi connectivity index (χ0) is 34.6. The summed E-state index contributed by atoms with van der Waals surface area (Å²) in [6, 6.07) is 3.25. The molecule has 1 aromatic carbocycles. The number of benzene rings is 1. The third kappa shape index (κ3) is 8.10. The molecule has 2 aromatic heterocycles. The van der Waals surface area contributed by atoms with Gasteiger partial charge in [-0.05, 0) is 46.3 Å². The van der Waals surface area contributed by atoms with Crippen LogP contribution >= 0.6 is 0 Å². The van der Waals surface area contributed by atoms with Gasteiger partial charge >= 0.3 is 6.18 Å². The fourth-order valence-corrected chi connectivity index (χ4v) is 5.93. The monoisotopic (exact) mass is 676 g/mol. The van der Waals surface area contributed by atoms with Crippen molar-refractivity contribution in [2.24, 2.45) is 0 Å². The lowest BCUT2D eigenvalue weighted by Crippen LogP contribution is -2.55. The summed E-state index contributed by atoms with van der Waals surface area (Å²) in [5.41, 5.74) is -1.73. The minimum atomic E-state index is -4.88. The summed E-state index contributed by atoms with van der Waals surface area (Å²) in [7, 11) is 3.14. The molecule has 2 aliphatic heterocycles. The van der Waals surface area contributed by atoms with E-state index in [9.17, 15) is 22.8 Å². The summed E-state index contributed by atoms with van der Waals surface area (Å²) in [5, 5.41) is 10.5. The minimum absolute atomic E-state index is 0.0517. The van der Waals surface area contributed by atoms with E-state index in [4.69, 9.17) is 9.47 Å². The molecular weight excluding hydrogens is 636 g/mol. The molecule has 1 N–H and O–H groups in total. The third-order valence-corrected chi connectivity index (χ3v) is 8.91. The first-order valence-corrected chi connectivity index (χ1v) is 15.8. The predicted octanol–water partition coefficient (Wildman–Crippen LogP) is 4.30. The van der Waals surface area contributed by atoms with E-state index in [-0.39, 0.29) is 52.9 Å². The second-order valence-electron chi connectivity index (χ2n) is 12.2. The van der Waals surface area contributed by atoms with Gasteiger partial charge in [-0.15, -0.1) is 5.10 Å². The van der Waals surface area contributed by atoms with Crippen LogP contribution in [0.25, 0.3) is 5.69 Å². The number of hydrogen-bond acceptors (Lipinski definition) is 10. The van der Waals surface area contributed by atoms with Crippen LogP contribution < -0.4 is 15.0 Å². The summed E-state index contributed by atoms with van der Waals surface area (Å²) in [5.74, 6) is -2.38. The number of unbranched alkanes of at least 4 members (excludes halogenated alkanes) is 1. The van der Waals surface area contributed by atoms with Crippen molar-refractivity contribution in [1.29, 1.82) is 0 Å². The second-order valence-corrected chi connectivity index (χ2v) is 12.2. The zero-order valence-corrected chi connectivity index (χ0v) is 27.4.